The fourth-order valence-corrected chi connectivity index (χ4v) is 1.26. The van der Waals surface area contributed by atoms with Crippen LogP contribution in [-0.2, 0) is 4.74 Å². The zero-order chi connectivity index (χ0) is 8.81. The molecular weight excluding hydrogens is 172 g/mol. The van der Waals surface area contributed by atoms with Gasteiger partial charge in [-0.3, -0.25) is 0 Å². The van der Waals surface area contributed by atoms with Crippen molar-refractivity contribution in [1.29, 1.82) is 0 Å². The molecule has 1 heterocycles. The summed E-state index contributed by atoms with van der Waals surface area (Å²) >= 11 is 5.10. The summed E-state index contributed by atoms with van der Waals surface area (Å²) in [6.45, 7) is 3.71. The summed E-state index contributed by atoms with van der Waals surface area (Å²) in [7, 11) is 0. The number of ether oxygens (including phenoxy) is 1. The van der Waals surface area contributed by atoms with E-state index in [0.29, 0.717) is 6.54 Å². The Bertz CT molecular complexity index is 194. The van der Waals surface area contributed by atoms with Gasteiger partial charge in [0.05, 0.1) is 19.8 Å². The Hall–Kier alpha value is -0.790. The third-order valence-corrected chi connectivity index (χ3v) is 2.04. The topological polar surface area (TPSA) is 24.5 Å². The molecule has 1 saturated heterocycles. The number of morpholine rings is 1. The molecule has 1 fully saturated rings. The van der Waals surface area contributed by atoms with Crippen LogP contribution in [0.4, 0.5) is 0 Å². The normalized spacial score (nSPS) is 16.8. The van der Waals surface area contributed by atoms with Gasteiger partial charge in [0, 0.05) is 13.1 Å². The Morgan fingerprint density at radius 3 is 2.83 bits per heavy atom. The summed E-state index contributed by atoms with van der Waals surface area (Å²) in [4.78, 5) is 2.07. The number of thiocarbonyl (C=S) groups is 1. The first-order valence-corrected chi connectivity index (χ1v) is 4.29. The van der Waals surface area contributed by atoms with Crippen LogP contribution >= 0.6 is 12.2 Å². The average Bonchev–Trinajstić information content (AvgIpc) is 2.15. The second-order valence-electron chi connectivity index (χ2n) is 2.46. The van der Waals surface area contributed by atoms with Crippen molar-refractivity contribution in [3.63, 3.8) is 0 Å². The SMILES string of the molecule is C#CCNC(=S)N1CCOCC1. The van der Waals surface area contributed by atoms with Crippen LogP contribution in [0, 0.1) is 12.3 Å². The predicted octanol–water partition coefficient (Wildman–Crippen LogP) is -0.174. The van der Waals surface area contributed by atoms with Crippen LogP contribution in [0.5, 0.6) is 0 Å². The maximum Gasteiger partial charge on any atom is 0.169 e. The first-order chi connectivity index (χ1) is 5.84. The van der Waals surface area contributed by atoms with Gasteiger partial charge in [0.1, 0.15) is 0 Å². The van der Waals surface area contributed by atoms with Crippen LogP contribution in [-0.4, -0.2) is 42.9 Å². The molecule has 0 unspecified atom stereocenters. The maximum absolute atomic E-state index is 5.18. The van der Waals surface area contributed by atoms with Gasteiger partial charge in [0.25, 0.3) is 0 Å². The quantitative estimate of drug-likeness (QED) is 0.451. The molecule has 3 nitrogen and oxygen atoms in total. The van der Waals surface area contributed by atoms with Crippen molar-refractivity contribution in [2.45, 2.75) is 0 Å². The van der Waals surface area contributed by atoms with E-state index in [-0.39, 0.29) is 0 Å². The fourth-order valence-electron chi connectivity index (χ4n) is 1.00. The molecule has 0 aromatic rings. The standard InChI is InChI=1S/C8H12N2OS/c1-2-3-9-8(12)10-4-6-11-7-5-10/h1H,3-7H2,(H,9,12). The summed E-state index contributed by atoms with van der Waals surface area (Å²) in [5.41, 5.74) is 0. The average molecular weight is 184 g/mol. The minimum absolute atomic E-state index is 0.496. The smallest absolute Gasteiger partial charge is 0.169 e. The van der Waals surface area contributed by atoms with Gasteiger partial charge in [0.2, 0.25) is 0 Å². The summed E-state index contributed by atoms with van der Waals surface area (Å²) in [5.74, 6) is 2.48. The van der Waals surface area contributed by atoms with E-state index in [2.05, 4.69) is 16.1 Å². The predicted molar refractivity (Wildman–Crippen MR) is 51.8 cm³/mol. The number of hydrogen-bond acceptors (Lipinski definition) is 2. The molecule has 0 saturated carbocycles. The van der Waals surface area contributed by atoms with Gasteiger partial charge < -0.3 is 15.0 Å². The van der Waals surface area contributed by atoms with E-state index >= 15 is 0 Å². The van der Waals surface area contributed by atoms with E-state index in [9.17, 15) is 0 Å². The van der Waals surface area contributed by atoms with E-state index < -0.39 is 0 Å². The summed E-state index contributed by atoms with van der Waals surface area (Å²) < 4.78 is 5.18. The third kappa shape index (κ3) is 2.68. The molecule has 0 spiro atoms. The number of terminal acetylenes is 1. The van der Waals surface area contributed by atoms with Crippen molar-refractivity contribution in [1.82, 2.24) is 10.2 Å². The molecule has 12 heavy (non-hydrogen) atoms. The largest absolute Gasteiger partial charge is 0.378 e. The van der Waals surface area contributed by atoms with Crippen molar-refractivity contribution in [2.24, 2.45) is 0 Å². The van der Waals surface area contributed by atoms with Crippen LogP contribution in [0.1, 0.15) is 0 Å². The van der Waals surface area contributed by atoms with Crippen molar-refractivity contribution >= 4 is 17.3 Å². The number of hydrogen-bond donors (Lipinski definition) is 1. The lowest BCUT2D eigenvalue weighted by Gasteiger charge is -2.28. The molecule has 1 N–H and O–H groups in total. The monoisotopic (exact) mass is 184 g/mol. The molecular formula is C8H12N2OS. The Morgan fingerprint density at radius 1 is 1.58 bits per heavy atom. The van der Waals surface area contributed by atoms with Crippen LogP contribution in [0.15, 0.2) is 0 Å². The summed E-state index contributed by atoms with van der Waals surface area (Å²) in [5, 5.41) is 3.70. The summed E-state index contributed by atoms with van der Waals surface area (Å²) in [6.07, 6.45) is 5.09. The molecule has 0 aliphatic carbocycles. The lowest BCUT2D eigenvalue weighted by atomic mass is 10.4. The van der Waals surface area contributed by atoms with Crippen LogP contribution < -0.4 is 5.32 Å². The van der Waals surface area contributed by atoms with Crippen molar-refractivity contribution in [3.8, 4) is 12.3 Å². The first kappa shape index (κ1) is 9.30. The molecule has 1 aliphatic heterocycles. The van der Waals surface area contributed by atoms with Gasteiger partial charge in [-0.15, -0.1) is 6.42 Å². The molecule has 0 atom stereocenters. The molecule has 0 bridgehead atoms. The van der Waals surface area contributed by atoms with Crippen LogP contribution in [0.2, 0.25) is 0 Å². The molecule has 1 aliphatic rings. The van der Waals surface area contributed by atoms with E-state index in [1.807, 2.05) is 0 Å². The Morgan fingerprint density at radius 2 is 2.25 bits per heavy atom. The molecule has 0 amide bonds. The van der Waals surface area contributed by atoms with Crippen molar-refractivity contribution < 1.29 is 4.74 Å². The Kier molecular flexibility index (Phi) is 3.85. The zero-order valence-electron chi connectivity index (χ0n) is 6.88. The van der Waals surface area contributed by atoms with E-state index in [1.165, 1.54) is 0 Å². The van der Waals surface area contributed by atoms with Crippen molar-refractivity contribution in [2.75, 3.05) is 32.8 Å². The lowest BCUT2D eigenvalue weighted by Crippen LogP contribution is -2.46. The molecule has 0 radical (unpaired) electrons. The van der Waals surface area contributed by atoms with Gasteiger partial charge >= 0.3 is 0 Å². The number of rotatable bonds is 1. The number of nitrogens with one attached hydrogen (secondary N) is 1. The molecule has 66 valence electrons. The Labute approximate surface area is 78.1 Å². The van der Waals surface area contributed by atoms with Crippen molar-refractivity contribution in [3.05, 3.63) is 0 Å². The first-order valence-electron chi connectivity index (χ1n) is 3.88. The van der Waals surface area contributed by atoms with E-state index in [0.717, 1.165) is 31.4 Å². The minimum Gasteiger partial charge on any atom is -0.378 e. The highest BCUT2D eigenvalue weighted by Gasteiger charge is 2.12. The van der Waals surface area contributed by atoms with Gasteiger partial charge in [0.15, 0.2) is 5.11 Å². The molecule has 0 aromatic heterocycles. The second kappa shape index (κ2) is 4.96. The molecule has 4 heteroatoms. The van der Waals surface area contributed by atoms with E-state index in [1.54, 1.807) is 0 Å². The summed E-state index contributed by atoms with van der Waals surface area (Å²) in [6, 6.07) is 0. The molecule has 0 aromatic carbocycles. The maximum atomic E-state index is 5.18. The highest BCUT2D eigenvalue weighted by atomic mass is 32.1. The van der Waals surface area contributed by atoms with Gasteiger partial charge in [-0.05, 0) is 12.2 Å². The van der Waals surface area contributed by atoms with Crippen LogP contribution in [0.25, 0.3) is 0 Å². The fraction of sp³-hybridized carbons (Fsp3) is 0.625. The highest BCUT2D eigenvalue weighted by molar-refractivity contribution is 7.80. The highest BCUT2D eigenvalue weighted by Crippen LogP contribution is 1.96. The Balaban J connectivity index is 2.26. The lowest BCUT2D eigenvalue weighted by molar-refractivity contribution is 0.0678. The van der Waals surface area contributed by atoms with Gasteiger partial charge in [-0.2, -0.15) is 0 Å². The third-order valence-electron chi connectivity index (χ3n) is 1.64. The second-order valence-corrected chi connectivity index (χ2v) is 2.85. The number of nitrogens with zero attached hydrogens (tertiary/aromatic N) is 1. The molecule has 1 rings (SSSR count). The van der Waals surface area contributed by atoms with Gasteiger partial charge in [-0.1, -0.05) is 5.92 Å². The van der Waals surface area contributed by atoms with Gasteiger partial charge in [-0.25, -0.2) is 0 Å². The minimum atomic E-state index is 0.496. The zero-order valence-corrected chi connectivity index (χ0v) is 7.69. The van der Waals surface area contributed by atoms with Crippen LogP contribution in [0.3, 0.4) is 0 Å². The van der Waals surface area contributed by atoms with E-state index in [4.69, 9.17) is 23.4 Å².